The van der Waals surface area contributed by atoms with Crippen molar-refractivity contribution in [1.29, 1.82) is 0 Å². The molecule has 0 amide bonds. The molecule has 4 rings (SSSR count). The average Bonchev–Trinajstić information content (AvgIpc) is 3.06. The molecule has 1 aromatic rings. The van der Waals surface area contributed by atoms with Crippen molar-refractivity contribution in [1.82, 2.24) is 15.1 Å². The van der Waals surface area contributed by atoms with Gasteiger partial charge in [0.25, 0.3) is 0 Å². The zero-order valence-corrected chi connectivity index (χ0v) is 15.4. The van der Waals surface area contributed by atoms with Crippen LogP contribution in [0.2, 0.25) is 0 Å². The van der Waals surface area contributed by atoms with E-state index in [4.69, 9.17) is 0 Å². The maximum absolute atomic E-state index is 14.0. The lowest BCUT2D eigenvalue weighted by Crippen LogP contribution is -2.44. The van der Waals surface area contributed by atoms with E-state index in [-0.39, 0.29) is 17.5 Å². The molecule has 0 radical (unpaired) electrons. The fourth-order valence-corrected chi connectivity index (χ4v) is 4.43. The van der Waals surface area contributed by atoms with Gasteiger partial charge >= 0.3 is 0 Å². The first-order chi connectivity index (χ1) is 12.7. The number of aliphatic imine (C=N–C) groups is 1. The van der Waals surface area contributed by atoms with E-state index in [9.17, 15) is 8.78 Å². The van der Waals surface area contributed by atoms with Crippen molar-refractivity contribution in [2.24, 2.45) is 4.99 Å². The zero-order chi connectivity index (χ0) is 18.1. The van der Waals surface area contributed by atoms with Crippen LogP contribution in [-0.2, 0) is 0 Å². The van der Waals surface area contributed by atoms with Crippen molar-refractivity contribution >= 4 is 5.96 Å². The predicted molar refractivity (Wildman–Crippen MR) is 99.4 cm³/mol. The van der Waals surface area contributed by atoms with Gasteiger partial charge in [-0.1, -0.05) is 6.07 Å². The van der Waals surface area contributed by atoms with Crippen molar-refractivity contribution in [2.75, 3.05) is 32.7 Å². The summed E-state index contributed by atoms with van der Waals surface area (Å²) in [6, 6.07) is 4.79. The van der Waals surface area contributed by atoms with Crippen LogP contribution < -0.4 is 5.32 Å². The Morgan fingerprint density at radius 1 is 1.19 bits per heavy atom. The third-order valence-corrected chi connectivity index (χ3v) is 5.90. The van der Waals surface area contributed by atoms with E-state index in [0.717, 1.165) is 25.5 Å². The van der Waals surface area contributed by atoms with E-state index < -0.39 is 11.6 Å². The minimum absolute atomic E-state index is 0.0672. The number of likely N-dealkylation sites (tertiary alicyclic amines) is 2. The number of nitrogens with zero attached hydrogens (tertiary/aromatic N) is 3. The van der Waals surface area contributed by atoms with Crippen LogP contribution in [0.25, 0.3) is 0 Å². The van der Waals surface area contributed by atoms with E-state index in [1.165, 1.54) is 50.6 Å². The molecule has 0 bridgehead atoms. The van der Waals surface area contributed by atoms with Gasteiger partial charge in [-0.3, -0.25) is 9.89 Å². The van der Waals surface area contributed by atoms with Gasteiger partial charge in [0.15, 0.2) is 5.96 Å². The first kappa shape index (κ1) is 17.7. The summed E-state index contributed by atoms with van der Waals surface area (Å²) in [6.07, 6.45) is 4.54. The van der Waals surface area contributed by atoms with Crippen LogP contribution in [0.15, 0.2) is 23.2 Å². The van der Waals surface area contributed by atoms with Crippen molar-refractivity contribution in [3.63, 3.8) is 0 Å². The highest BCUT2D eigenvalue weighted by Gasteiger charge is 2.43. The van der Waals surface area contributed by atoms with Gasteiger partial charge in [0.1, 0.15) is 11.6 Å². The summed E-state index contributed by atoms with van der Waals surface area (Å²) in [4.78, 5) is 9.56. The molecule has 0 aromatic heterocycles. The lowest BCUT2D eigenvalue weighted by molar-refractivity contribution is 0.249. The minimum Gasteiger partial charge on any atom is -0.353 e. The second kappa shape index (κ2) is 7.51. The molecule has 1 aliphatic carbocycles. The Balaban J connectivity index is 1.39. The van der Waals surface area contributed by atoms with Crippen LogP contribution in [0.4, 0.5) is 8.78 Å². The van der Waals surface area contributed by atoms with Crippen LogP contribution in [0.5, 0.6) is 0 Å². The smallest absolute Gasteiger partial charge is 0.194 e. The Hall–Kier alpha value is -1.69. The topological polar surface area (TPSA) is 30.9 Å². The SMILES string of the molecule is CCN=C(NC1CC1c1c(F)cccc1F)N1CCC(N2CCCC2)C1. The largest absolute Gasteiger partial charge is 0.353 e. The molecule has 3 fully saturated rings. The Morgan fingerprint density at radius 3 is 2.62 bits per heavy atom. The first-order valence-corrected chi connectivity index (χ1v) is 9.91. The molecule has 142 valence electrons. The van der Waals surface area contributed by atoms with Gasteiger partial charge in [-0.25, -0.2) is 8.78 Å². The summed E-state index contributed by atoms with van der Waals surface area (Å²) in [5.74, 6) is -0.0826. The number of halogens is 2. The zero-order valence-electron chi connectivity index (χ0n) is 15.4. The summed E-state index contributed by atoms with van der Waals surface area (Å²) in [7, 11) is 0. The molecule has 2 heterocycles. The van der Waals surface area contributed by atoms with Crippen molar-refractivity contribution < 1.29 is 8.78 Å². The first-order valence-electron chi connectivity index (χ1n) is 9.91. The molecule has 3 aliphatic rings. The third kappa shape index (κ3) is 3.56. The van der Waals surface area contributed by atoms with E-state index in [2.05, 4.69) is 20.1 Å². The Morgan fingerprint density at radius 2 is 1.92 bits per heavy atom. The quantitative estimate of drug-likeness (QED) is 0.660. The molecule has 4 nitrogen and oxygen atoms in total. The third-order valence-electron chi connectivity index (χ3n) is 5.90. The van der Waals surface area contributed by atoms with Crippen LogP contribution in [0, 0.1) is 11.6 Å². The van der Waals surface area contributed by atoms with Gasteiger partial charge in [0.2, 0.25) is 0 Å². The van der Waals surface area contributed by atoms with Crippen molar-refractivity contribution in [3.8, 4) is 0 Å². The van der Waals surface area contributed by atoms with E-state index in [1.54, 1.807) is 0 Å². The normalized spacial score (nSPS) is 29.4. The van der Waals surface area contributed by atoms with Gasteiger partial charge in [-0.2, -0.15) is 0 Å². The van der Waals surface area contributed by atoms with Crippen LogP contribution in [0.1, 0.15) is 44.1 Å². The Bertz CT molecular complexity index is 652. The summed E-state index contributed by atoms with van der Waals surface area (Å²) in [5, 5.41) is 3.47. The molecule has 0 spiro atoms. The summed E-state index contributed by atoms with van der Waals surface area (Å²) < 4.78 is 28.0. The minimum atomic E-state index is -0.441. The molecule has 2 aliphatic heterocycles. The highest BCUT2D eigenvalue weighted by atomic mass is 19.1. The number of hydrogen-bond donors (Lipinski definition) is 1. The van der Waals surface area contributed by atoms with E-state index >= 15 is 0 Å². The maximum Gasteiger partial charge on any atom is 0.194 e. The van der Waals surface area contributed by atoms with Crippen molar-refractivity contribution in [3.05, 3.63) is 35.4 Å². The standard InChI is InChI=1S/C20H28F2N4/c1-2-23-20(26-11-8-14(13-26)25-9-3-4-10-25)24-18-12-15(18)19-16(21)6-5-7-17(19)22/h5-7,14-15,18H,2-4,8-13H2,1H3,(H,23,24). The number of benzene rings is 1. The number of nitrogens with one attached hydrogen (secondary N) is 1. The molecular weight excluding hydrogens is 334 g/mol. The molecule has 1 N–H and O–H groups in total. The fourth-order valence-electron chi connectivity index (χ4n) is 4.43. The second-order valence-electron chi connectivity index (χ2n) is 7.66. The molecular formula is C20H28F2N4. The van der Waals surface area contributed by atoms with Crippen LogP contribution in [-0.4, -0.2) is 60.6 Å². The van der Waals surface area contributed by atoms with Gasteiger partial charge in [-0.15, -0.1) is 0 Å². The van der Waals surface area contributed by atoms with Gasteiger partial charge in [-0.05, 0) is 57.8 Å². The fraction of sp³-hybridized carbons (Fsp3) is 0.650. The second-order valence-corrected chi connectivity index (χ2v) is 7.66. The van der Waals surface area contributed by atoms with Gasteiger partial charge in [0, 0.05) is 43.2 Å². The number of rotatable bonds is 4. The number of hydrogen-bond acceptors (Lipinski definition) is 2. The van der Waals surface area contributed by atoms with Crippen LogP contribution >= 0.6 is 0 Å². The highest BCUT2D eigenvalue weighted by Crippen LogP contribution is 2.43. The summed E-state index contributed by atoms with van der Waals surface area (Å²) in [6.45, 7) is 7.15. The molecule has 26 heavy (non-hydrogen) atoms. The van der Waals surface area contributed by atoms with Crippen molar-refractivity contribution in [2.45, 2.75) is 50.6 Å². The molecule has 2 saturated heterocycles. The lowest BCUT2D eigenvalue weighted by Gasteiger charge is -2.25. The van der Waals surface area contributed by atoms with Gasteiger partial charge < -0.3 is 10.2 Å². The molecule has 3 unspecified atom stereocenters. The van der Waals surface area contributed by atoms with Crippen LogP contribution in [0.3, 0.4) is 0 Å². The van der Waals surface area contributed by atoms with E-state index in [0.29, 0.717) is 12.6 Å². The summed E-state index contributed by atoms with van der Waals surface area (Å²) >= 11 is 0. The molecule has 6 heteroatoms. The predicted octanol–water partition coefficient (Wildman–Crippen LogP) is 2.96. The Labute approximate surface area is 154 Å². The van der Waals surface area contributed by atoms with E-state index in [1.807, 2.05) is 6.92 Å². The molecule has 1 aromatic carbocycles. The molecule has 1 saturated carbocycles. The monoisotopic (exact) mass is 362 g/mol. The highest BCUT2D eigenvalue weighted by molar-refractivity contribution is 5.81. The summed E-state index contributed by atoms with van der Waals surface area (Å²) in [5.41, 5.74) is 0.220. The average molecular weight is 362 g/mol. The Kier molecular flexibility index (Phi) is 5.11. The van der Waals surface area contributed by atoms with Gasteiger partial charge in [0.05, 0.1) is 0 Å². The lowest BCUT2D eigenvalue weighted by atomic mass is 10.1. The maximum atomic E-state index is 14.0. The molecule has 3 atom stereocenters. The number of guanidine groups is 1.